The van der Waals surface area contributed by atoms with Crippen molar-refractivity contribution in [1.82, 2.24) is 5.32 Å². The predicted molar refractivity (Wildman–Crippen MR) is 67.7 cm³/mol. The Hall–Kier alpha value is -2.11. The number of carboxylic acids is 1. The second-order valence-corrected chi connectivity index (χ2v) is 4.42. The van der Waals surface area contributed by atoms with Crippen LogP contribution in [0.15, 0.2) is 18.2 Å². The zero-order valence-corrected chi connectivity index (χ0v) is 10.5. The van der Waals surface area contributed by atoms with Crippen LogP contribution in [0.5, 0.6) is 0 Å². The fourth-order valence-electron chi connectivity index (χ4n) is 2.13. The van der Waals surface area contributed by atoms with Gasteiger partial charge >= 0.3 is 12.0 Å². The number of hydrogen-bond donors (Lipinski definition) is 2. The Balaban J connectivity index is 2.15. The second kappa shape index (κ2) is 5.26. The number of amides is 2. The number of anilines is 1. The molecule has 1 atom stereocenters. The summed E-state index contributed by atoms with van der Waals surface area (Å²) in [5.41, 5.74) is 1.40. The fraction of sp³-hybridized carbons (Fsp3) is 0.385. The number of aliphatic carboxylic acids is 1. The van der Waals surface area contributed by atoms with Crippen molar-refractivity contribution >= 4 is 17.7 Å². The highest BCUT2D eigenvalue weighted by atomic mass is 19.1. The van der Waals surface area contributed by atoms with Gasteiger partial charge in [-0.15, -0.1) is 0 Å². The minimum absolute atomic E-state index is 0.297. The lowest BCUT2D eigenvalue weighted by molar-refractivity contribution is -0.139. The maximum absolute atomic E-state index is 13.2. The van der Waals surface area contributed by atoms with Gasteiger partial charge in [0.2, 0.25) is 0 Å². The van der Waals surface area contributed by atoms with Crippen LogP contribution in [-0.4, -0.2) is 29.7 Å². The number of carboxylic acid groups (broad SMARTS) is 1. The summed E-state index contributed by atoms with van der Waals surface area (Å²) in [7, 11) is 0. The first-order chi connectivity index (χ1) is 9.02. The summed E-state index contributed by atoms with van der Waals surface area (Å²) in [6.07, 6.45) is 0.942. The minimum atomic E-state index is -1.07. The van der Waals surface area contributed by atoms with Gasteiger partial charge in [0.25, 0.3) is 0 Å². The molecule has 1 unspecified atom stereocenters. The summed E-state index contributed by atoms with van der Waals surface area (Å²) in [6.45, 7) is 2.11. The van der Waals surface area contributed by atoms with E-state index in [1.54, 1.807) is 13.0 Å². The van der Waals surface area contributed by atoms with Crippen molar-refractivity contribution in [3.05, 3.63) is 29.6 Å². The van der Waals surface area contributed by atoms with Gasteiger partial charge in [0, 0.05) is 6.54 Å². The van der Waals surface area contributed by atoms with E-state index in [0.29, 0.717) is 25.1 Å². The van der Waals surface area contributed by atoms with E-state index in [2.05, 4.69) is 5.32 Å². The molecular weight excluding hydrogens is 251 g/mol. The highest BCUT2D eigenvalue weighted by Crippen LogP contribution is 2.28. The Morgan fingerprint density at radius 1 is 1.53 bits per heavy atom. The number of urea groups is 1. The number of carbonyl (C=O) groups excluding carboxylic acids is 1. The number of carbonyl (C=O) groups is 2. The number of nitrogens with one attached hydrogen (secondary N) is 1. The molecule has 2 N–H and O–H groups in total. The summed E-state index contributed by atoms with van der Waals surface area (Å²) in [6, 6.07) is 2.87. The zero-order valence-electron chi connectivity index (χ0n) is 10.5. The molecule has 5 nitrogen and oxygen atoms in total. The van der Waals surface area contributed by atoms with Gasteiger partial charge in [0.15, 0.2) is 0 Å². The van der Waals surface area contributed by atoms with Crippen LogP contribution >= 0.6 is 0 Å². The molecule has 0 saturated carbocycles. The molecule has 1 aromatic rings. The molecule has 0 bridgehead atoms. The average molecular weight is 266 g/mol. The SMILES string of the molecule is CCC(NC(=O)N1CCc2ccc(F)cc21)C(=O)O. The van der Waals surface area contributed by atoms with Crippen LogP contribution in [0.4, 0.5) is 14.9 Å². The van der Waals surface area contributed by atoms with E-state index in [9.17, 15) is 14.0 Å². The number of fused-ring (bicyclic) bond motifs is 1. The molecule has 2 rings (SSSR count). The van der Waals surface area contributed by atoms with E-state index in [1.807, 2.05) is 0 Å². The third-order valence-corrected chi connectivity index (χ3v) is 3.19. The molecule has 102 valence electrons. The minimum Gasteiger partial charge on any atom is -0.480 e. The summed E-state index contributed by atoms with van der Waals surface area (Å²) >= 11 is 0. The van der Waals surface area contributed by atoms with E-state index >= 15 is 0 Å². The van der Waals surface area contributed by atoms with Crippen LogP contribution in [0.25, 0.3) is 0 Å². The molecule has 0 aromatic heterocycles. The number of nitrogens with zero attached hydrogens (tertiary/aromatic N) is 1. The summed E-state index contributed by atoms with van der Waals surface area (Å²) in [5.74, 6) is -1.49. The van der Waals surface area contributed by atoms with E-state index in [4.69, 9.17) is 5.11 Å². The standard InChI is InChI=1S/C13H15FN2O3/c1-2-10(12(17)18)15-13(19)16-6-5-8-3-4-9(14)7-11(8)16/h3-4,7,10H,2,5-6H2,1H3,(H,15,19)(H,17,18). The molecule has 0 radical (unpaired) electrons. The largest absolute Gasteiger partial charge is 0.480 e. The third-order valence-electron chi connectivity index (χ3n) is 3.19. The van der Waals surface area contributed by atoms with E-state index in [-0.39, 0.29) is 0 Å². The molecule has 0 saturated heterocycles. The molecule has 1 aromatic carbocycles. The van der Waals surface area contributed by atoms with Crippen LogP contribution in [0.1, 0.15) is 18.9 Å². The summed E-state index contributed by atoms with van der Waals surface area (Å²) in [5, 5.41) is 11.3. The highest BCUT2D eigenvalue weighted by molar-refractivity contribution is 5.96. The molecule has 0 spiro atoms. The molecule has 6 heteroatoms. The molecule has 0 fully saturated rings. The first-order valence-electron chi connectivity index (χ1n) is 6.12. The normalized spacial score (nSPS) is 14.9. The van der Waals surface area contributed by atoms with Crippen LogP contribution < -0.4 is 10.2 Å². The Labute approximate surface area is 110 Å². The van der Waals surface area contributed by atoms with Crippen molar-refractivity contribution in [3.8, 4) is 0 Å². The van der Waals surface area contributed by atoms with Gasteiger partial charge in [-0.05, 0) is 30.5 Å². The molecule has 1 aliphatic rings. The first kappa shape index (κ1) is 13.3. The molecule has 0 aliphatic carbocycles. The lowest BCUT2D eigenvalue weighted by Crippen LogP contribution is -2.47. The van der Waals surface area contributed by atoms with Crippen molar-refractivity contribution in [1.29, 1.82) is 0 Å². The van der Waals surface area contributed by atoms with Gasteiger partial charge in [-0.3, -0.25) is 4.90 Å². The predicted octanol–water partition coefficient (Wildman–Crippen LogP) is 1.76. The molecule has 1 heterocycles. The number of benzene rings is 1. The zero-order chi connectivity index (χ0) is 14.0. The Bertz CT molecular complexity index is 519. The Morgan fingerprint density at radius 3 is 2.89 bits per heavy atom. The van der Waals surface area contributed by atoms with Crippen LogP contribution in [0, 0.1) is 5.82 Å². The Morgan fingerprint density at radius 2 is 2.26 bits per heavy atom. The molecular formula is C13H15FN2O3. The number of hydrogen-bond acceptors (Lipinski definition) is 2. The summed E-state index contributed by atoms with van der Waals surface area (Å²) < 4.78 is 13.2. The van der Waals surface area contributed by atoms with E-state index in [0.717, 1.165) is 5.56 Å². The maximum Gasteiger partial charge on any atom is 0.326 e. The van der Waals surface area contributed by atoms with Crippen molar-refractivity contribution in [2.24, 2.45) is 0 Å². The van der Waals surface area contributed by atoms with Gasteiger partial charge in [0.1, 0.15) is 11.9 Å². The maximum atomic E-state index is 13.2. The third kappa shape index (κ3) is 2.67. The molecule has 1 aliphatic heterocycles. The number of rotatable bonds is 3. The molecule has 2 amide bonds. The highest BCUT2D eigenvalue weighted by Gasteiger charge is 2.27. The van der Waals surface area contributed by atoms with Crippen molar-refractivity contribution in [3.63, 3.8) is 0 Å². The number of halogens is 1. The first-order valence-corrected chi connectivity index (χ1v) is 6.12. The van der Waals surface area contributed by atoms with Crippen molar-refractivity contribution in [2.45, 2.75) is 25.8 Å². The van der Waals surface area contributed by atoms with Gasteiger partial charge in [0.05, 0.1) is 5.69 Å². The van der Waals surface area contributed by atoms with Crippen molar-refractivity contribution in [2.75, 3.05) is 11.4 Å². The quantitative estimate of drug-likeness (QED) is 0.875. The van der Waals surface area contributed by atoms with Crippen LogP contribution in [0.2, 0.25) is 0 Å². The topological polar surface area (TPSA) is 69.6 Å². The smallest absolute Gasteiger partial charge is 0.326 e. The Kier molecular flexibility index (Phi) is 3.69. The lowest BCUT2D eigenvalue weighted by atomic mass is 10.2. The lowest BCUT2D eigenvalue weighted by Gasteiger charge is -2.21. The van der Waals surface area contributed by atoms with Gasteiger partial charge in [-0.1, -0.05) is 13.0 Å². The van der Waals surface area contributed by atoms with E-state index in [1.165, 1.54) is 17.0 Å². The van der Waals surface area contributed by atoms with Crippen molar-refractivity contribution < 1.29 is 19.1 Å². The van der Waals surface area contributed by atoms with Crippen LogP contribution in [-0.2, 0) is 11.2 Å². The van der Waals surface area contributed by atoms with Gasteiger partial charge in [-0.2, -0.15) is 0 Å². The monoisotopic (exact) mass is 266 g/mol. The van der Waals surface area contributed by atoms with Gasteiger partial charge in [-0.25, -0.2) is 14.0 Å². The summed E-state index contributed by atoms with van der Waals surface area (Å²) in [4.78, 5) is 24.3. The van der Waals surface area contributed by atoms with E-state index < -0.39 is 23.9 Å². The second-order valence-electron chi connectivity index (χ2n) is 4.42. The fourth-order valence-corrected chi connectivity index (χ4v) is 2.13. The molecule has 19 heavy (non-hydrogen) atoms. The van der Waals surface area contributed by atoms with Crippen LogP contribution in [0.3, 0.4) is 0 Å². The van der Waals surface area contributed by atoms with Gasteiger partial charge < -0.3 is 10.4 Å². The average Bonchev–Trinajstić information content (AvgIpc) is 2.78.